The van der Waals surface area contributed by atoms with Crippen molar-refractivity contribution < 1.29 is 13.2 Å². The van der Waals surface area contributed by atoms with Crippen LogP contribution in [0.15, 0.2) is 158 Å². The first kappa shape index (κ1) is 30.4. The number of nitrogens with zero attached hydrogens (tertiary/aromatic N) is 3. The second-order valence-electron chi connectivity index (χ2n) is 12.4. The zero-order chi connectivity index (χ0) is 34.5. The van der Waals surface area contributed by atoms with Crippen molar-refractivity contribution in [1.82, 2.24) is 15.0 Å². The molecule has 0 radical (unpaired) electrons. The molecule has 6 heteroatoms. The van der Waals surface area contributed by atoms with E-state index in [9.17, 15) is 13.2 Å². The predicted molar refractivity (Wildman–Crippen MR) is 199 cm³/mol. The molecule has 0 aliphatic carbocycles. The summed E-state index contributed by atoms with van der Waals surface area (Å²) in [6.45, 7) is 0. The van der Waals surface area contributed by atoms with Gasteiger partial charge in [0, 0.05) is 32.8 Å². The van der Waals surface area contributed by atoms with E-state index in [1.54, 1.807) is 12.1 Å². The average molecular weight is 666 g/mol. The molecule has 0 unspecified atom stereocenters. The van der Waals surface area contributed by atoms with E-state index in [1.807, 2.05) is 109 Å². The smallest absolute Gasteiger partial charge is 0.194 e. The van der Waals surface area contributed by atoms with Crippen LogP contribution in [0.1, 0.15) is 0 Å². The molecule has 9 rings (SSSR count). The number of fused-ring (bicyclic) bond motifs is 5. The fourth-order valence-corrected chi connectivity index (χ4v) is 6.86. The summed E-state index contributed by atoms with van der Waals surface area (Å²) in [4.78, 5) is 16.1. The Balaban J connectivity index is 1.40. The Morgan fingerprint density at radius 2 is 0.843 bits per heavy atom. The van der Waals surface area contributed by atoms with Crippen molar-refractivity contribution in [2.24, 2.45) is 0 Å². The van der Waals surface area contributed by atoms with Gasteiger partial charge in [0.25, 0.3) is 0 Å². The number of halogens is 3. The first-order chi connectivity index (χ1) is 25.0. The molecule has 242 valence electrons. The Bertz CT molecular complexity index is 2730. The fourth-order valence-electron chi connectivity index (χ4n) is 6.86. The Hall–Kier alpha value is -6.66. The highest BCUT2D eigenvalue weighted by Crippen LogP contribution is 2.44. The van der Waals surface area contributed by atoms with E-state index in [2.05, 4.69) is 24.3 Å². The van der Waals surface area contributed by atoms with Gasteiger partial charge in [0.1, 0.15) is 0 Å². The lowest BCUT2D eigenvalue weighted by atomic mass is 9.91. The molecule has 2 heterocycles. The molecule has 2 aromatic heterocycles. The maximum atomic E-state index is 14.2. The van der Waals surface area contributed by atoms with Gasteiger partial charge >= 0.3 is 0 Å². The van der Waals surface area contributed by atoms with Crippen molar-refractivity contribution >= 4 is 32.7 Å². The summed E-state index contributed by atoms with van der Waals surface area (Å²) in [5.74, 6) is -3.97. The highest BCUT2D eigenvalue weighted by atomic mass is 19.2. The van der Waals surface area contributed by atoms with Crippen molar-refractivity contribution in [1.29, 1.82) is 0 Å². The summed E-state index contributed by atoms with van der Waals surface area (Å²) in [7, 11) is 0. The topological polar surface area (TPSA) is 38.7 Å². The minimum absolute atomic E-state index is 0.234. The van der Waals surface area contributed by atoms with Crippen LogP contribution in [0.2, 0.25) is 0 Å². The normalized spacial score (nSPS) is 11.4. The summed E-state index contributed by atoms with van der Waals surface area (Å²) in [5, 5.41) is 2.80. The van der Waals surface area contributed by atoms with Crippen molar-refractivity contribution in [2.45, 2.75) is 0 Å². The number of para-hydroxylation sites is 1. The SMILES string of the molecule is Fc1cc(-c2ccc(-c3nc4ccccc4c4c(-c5ccccc5)cc5nc(-c6ccccc6)c(-c6ccccc6)nc5c34)cc2)cc(F)c1F. The summed E-state index contributed by atoms with van der Waals surface area (Å²) in [6, 6.07) is 49.8. The number of hydrogen-bond donors (Lipinski definition) is 0. The minimum Gasteiger partial charge on any atom is -0.247 e. The van der Waals surface area contributed by atoms with E-state index >= 15 is 0 Å². The summed E-state index contributed by atoms with van der Waals surface area (Å²) >= 11 is 0. The molecule has 3 nitrogen and oxygen atoms in total. The van der Waals surface area contributed by atoms with Gasteiger partial charge in [0.15, 0.2) is 17.5 Å². The van der Waals surface area contributed by atoms with Crippen LogP contribution < -0.4 is 0 Å². The molecule has 0 aliphatic rings. The molecule has 0 N–H and O–H groups in total. The molecule has 0 aliphatic heterocycles. The van der Waals surface area contributed by atoms with Crippen molar-refractivity contribution in [3.05, 3.63) is 175 Å². The number of aromatic nitrogens is 3. The third-order valence-corrected chi connectivity index (χ3v) is 9.26. The van der Waals surface area contributed by atoms with Crippen LogP contribution in [0.4, 0.5) is 13.2 Å². The number of hydrogen-bond acceptors (Lipinski definition) is 3. The van der Waals surface area contributed by atoms with Crippen LogP contribution in [0.5, 0.6) is 0 Å². The van der Waals surface area contributed by atoms with Gasteiger partial charge in [0.05, 0.1) is 33.6 Å². The zero-order valence-electron chi connectivity index (χ0n) is 27.0. The molecule has 0 saturated carbocycles. The van der Waals surface area contributed by atoms with Gasteiger partial charge in [0.2, 0.25) is 0 Å². The monoisotopic (exact) mass is 665 g/mol. The van der Waals surface area contributed by atoms with Crippen LogP contribution in [0, 0.1) is 17.5 Å². The number of pyridine rings is 1. The van der Waals surface area contributed by atoms with Crippen LogP contribution in [0.3, 0.4) is 0 Å². The molecule has 9 aromatic rings. The predicted octanol–water partition coefficient (Wildman–Crippen LogP) is 12.1. The minimum atomic E-state index is -1.49. The van der Waals surface area contributed by atoms with Gasteiger partial charge in [-0.05, 0) is 46.5 Å². The van der Waals surface area contributed by atoms with E-state index < -0.39 is 17.5 Å². The van der Waals surface area contributed by atoms with Crippen molar-refractivity contribution in [2.75, 3.05) is 0 Å². The molecule has 0 spiro atoms. The van der Waals surface area contributed by atoms with Gasteiger partial charge in [-0.25, -0.2) is 28.1 Å². The lowest BCUT2D eigenvalue weighted by Gasteiger charge is -2.18. The second kappa shape index (κ2) is 12.3. The second-order valence-corrected chi connectivity index (χ2v) is 12.4. The van der Waals surface area contributed by atoms with E-state index in [-0.39, 0.29) is 5.56 Å². The summed E-state index contributed by atoms with van der Waals surface area (Å²) < 4.78 is 42.1. The molecule has 0 atom stereocenters. The molecule has 0 bridgehead atoms. The van der Waals surface area contributed by atoms with Crippen molar-refractivity contribution in [3.8, 4) is 56.0 Å². The van der Waals surface area contributed by atoms with Gasteiger partial charge in [-0.1, -0.05) is 133 Å². The number of rotatable bonds is 5. The molecule has 0 amide bonds. The van der Waals surface area contributed by atoms with Gasteiger partial charge in [-0.15, -0.1) is 0 Å². The highest BCUT2D eigenvalue weighted by molar-refractivity contribution is 6.25. The van der Waals surface area contributed by atoms with Crippen LogP contribution in [-0.4, -0.2) is 15.0 Å². The van der Waals surface area contributed by atoms with Crippen LogP contribution >= 0.6 is 0 Å². The Labute approximate surface area is 291 Å². The number of benzene rings is 7. The quantitative estimate of drug-likeness (QED) is 0.136. The third kappa shape index (κ3) is 5.29. The zero-order valence-corrected chi connectivity index (χ0v) is 27.0. The first-order valence-corrected chi connectivity index (χ1v) is 16.5. The van der Waals surface area contributed by atoms with Crippen molar-refractivity contribution in [3.63, 3.8) is 0 Å². The molecule has 7 aromatic carbocycles. The van der Waals surface area contributed by atoms with E-state index in [4.69, 9.17) is 15.0 Å². The van der Waals surface area contributed by atoms with Gasteiger partial charge < -0.3 is 0 Å². The summed E-state index contributed by atoms with van der Waals surface area (Å²) in [5.41, 5.74) is 9.88. The third-order valence-electron chi connectivity index (χ3n) is 9.26. The van der Waals surface area contributed by atoms with Crippen LogP contribution in [-0.2, 0) is 0 Å². The highest BCUT2D eigenvalue weighted by Gasteiger charge is 2.22. The van der Waals surface area contributed by atoms with E-state index in [0.29, 0.717) is 22.3 Å². The maximum Gasteiger partial charge on any atom is 0.194 e. The fraction of sp³-hybridized carbons (Fsp3) is 0. The standard InChI is InChI=1S/C45H26F3N3/c46-35-24-32(25-36(47)41(35)48)27-20-22-31(23-21-27)42-40-39(33-18-10-11-19-37(33)49-42)34(28-12-4-1-5-13-28)26-38-45(40)51-44(30-16-8-3-9-17-30)43(50-38)29-14-6-2-7-15-29/h1-26H. The molecule has 0 saturated heterocycles. The Kier molecular flexibility index (Phi) is 7.36. The Morgan fingerprint density at radius 3 is 1.47 bits per heavy atom. The summed E-state index contributed by atoms with van der Waals surface area (Å²) in [6.07, 6.45) is 0. The van der Waals surface area contributed by atoms with E-state index in [0.717, 1.165) is 73.0 Å². The molecule has 0 fully saturated rings. The lowest BCUT2D eigenvalue weighted by molar-refractivity contribution is 0.448. The molecular weight excluding hydrogens is 640 g/mol. The first-order valence-electron chi connectivity index (χ1n) is 16.5. The average Bonchev–Trinajstić information content (AvgIpc) is 3.19. The van der Waals surface area contributed by atoms with Gasteiger partial charge in [-0.2, -0.15) is 0 Å². The lowest BCUT2D eigenvalue weighted by Crippen LogP contribution is -2.00. The van der Waals surface area contributed by atoms with E-state index in [1.165, 1.54) is 0 Å². The maximum absolute atomic E-state index is 14.2. The molecule has 51 heavy (non-hydrogen) atoms. The largest absolute Gasteiger partial charge is 0.247 e. The van der Waals surface area contributed by atoms with Gasteiger partial charge in [-0.3, -0.25) is 0 Å². The Morgan fingerprint density at radius 1 is 0.353 bits per heavy atom. The van der Waals surface area contributed by atoms with Crippen LogP contribution in [0.25, 0.3) is 88.7 Å². The molecular formula is C45H26F3N3.